The number of nitrogens with zero attached hydrogens (tertiary/aromatic N) is 1. The van der Waals surface area contributed by atoms with Crippen LogP contribution < -0.4 is 5.32 Å². The number of nitrogens with one attached hydrogen (secondary N) is 1. The lowest BCUT2D eigenvalue weighted by Crippen LogP contribution is -2.55. The molecule has 2 atom stereocenters. The van der Waals surface area contributed by atoms with E-state index in [0.29, 0.717) is 0 Å². The third kappa shape index (κ3) is 1.50. The number of fused-ring (bicyclic) bond motifs is 1. The largest absolute Gasteiger partial charge is 0.311 e. The van der Waals surface area contributed by atoms with Crippen molar-refractivity contribution in [2.24, 2.45) is 5.92 Å². The second-order valence-corrected chi connectivity index (χ2v) is 4.55. The van der Waals surface area contributed by atoms with Gasteiger partial charge in [0.15, 0.2) is 0 Å². The maximum Gasteiger partial charge on any atom is 0.0221 e. The summed E-state index contributed by atoms with van der Waals surface area (Å²) in [5.74, 6) is 0.784. The van der Waals surface area contributed by atoms with Gasteiger partial charge in [-0.1, -0.05) is 13.8 Å². The average Bonchev–Trinajstić information content (AvgIpc) is 2.49. The normalized spacial score (nSPS) is 37.2. The first-order chi connectivity index (χ1) is 5.77. The molecular formula is C10H20N2. The van der Waals surface area contributed by atoms with E-state index in [-0.39, 0.29) is 0 Å². The molecule has 2 heteroatoms. The fourth-order valence-electron chi connectivity index (χ4n) is 2.42. The van der Waals surface area contributed by atoms with E-state index in [2.05, 4.69) is 24.1 Å². The molecule has 2 fully saturated rings. The second-order valence-electron chi connectivity index (χ2n) is 4.55. The third-order valence-electron chi connectivity index (χ3n) is 3.35. The molecule has 0 aromatic heterocycles. The lowest BCUT2D eigenvalue weighted by molar-refractivity contribution is 0.151. The smallest absolute Gasteiger partial charge is 0.0221 e. The zero-order valence-electron chi connectivity index (χ0n) is 8.21. The molecule has 2 aliphatic heterocycles. The summed E-state index contributed by atoms with van der Waals surface area (Å²) in [6.45, 7) is 8.48. The first kappa shape index (κ1) is 8.52. The van der Waals surface area contributed by atoms with Crippen LogP contribution in [0.25, 0.3) is 0 Å². The molecule has 0 aromatic carbocycles. The van der Waals surface area contributed by atoms with Gasteiger partial charge in [-0.2, -0.15) is 0 Å². The summed E-state index contributed by atoms with van der Waals surface area (Å²) < 4.78 is 0. The lowest BCUT2D eigenvalue weighted by atomic mass is 10.0. The van der Waals surface area contributed by atoms with Crippen molar-refractivity contribution in [3.05, 3.63) is 0 Å². The lowest BCUT2D eigenvalue weighted by Gasteiger charge is -2.37. The molecule has 0 aliphatic carbocycles. The van der Waals surface area contributed by atoms with Crippen molar-refractivity contribution in [3.8, 4) is 0 Å². The predicted molar refractivity (Wildman–Crippen MR) is 51.2 cm³/mol. The third-order valence-corrected chi connectivity index (χ3v) is 3.35. The Hall–Kier alpha value is -0.0800. The van der Waals surface area contributed by atoms with Gasteiger partial charge in [-0.3, -0.25) is 4.90 Å². The highest BCUT2D eigenvalue weighted by Crippen LogP contribution is 2.21. The van der Waals surface area contributed by atoms with Crippen LogP contribution in [0.4, 0.5) is 0 Å². The van der Waals surface area contributed by atoms with Gasteiger partial charge in [-0.25, -0.2) is 0 Å². The van der Waals surface area contributed by atoms with Crippen LogP contribution in [0, 0.1) is 5.92 Å². The van der Waals surface area contributed by atoms with Crippen LogP contribution in [0.5, 0.6) is 0 Å². The Kier molecular flexibility index (Phi) is 2.37. The molecule has 2 heterocycles. The molecule has 0 bridgehead atoms. The average molecular weight is 168 g/mol. The number of piperazine rings is 1. The summed E-state index contributed by atoms with van der Waals surface area (Å²) in [6, 6.07) is 1.60. The summed E-state index contributed by atoms with van der Waals surface area (Å²) in [5.41, 5.74) is 0. The van der Waals surface area contributed by atoms with Gasteiger partial charge in [0.1, 0.15) is 0 Å². The maximum atomic E-state index is 3.65. The van der Waals surface area contributed by atoms with Crippen LogP contribution in [-0.2, 0) is 0 Å². The van der Waals surface area contributed by atoms with Gasteiger partial charge >= 0.3 is 0 Å². The standard InChI is InChI=1S/C10H20N2/c1-8(2)10-7-12-5-3-4-9(12)6-11-10/h8-11H,3-7H2,1-2H3. The maximum absolute atomic E-state index is 3.65. The van der Waals surface area contributed by atoms with Gasteiger partial charge in [0.25, 0.3) is 0 Å². The quantitative estimate of drug-likeness (QED) is 0.630. The minimum absolute atomic E-state index is 0.736. The van der Waals surface area contributed by atoms with Gasteiger partial charge in [0, 0.05) is 25.2 Å². The van der Waals surface area contributed by atoms with Crippen molar-refractivity contribution in [1.82, 2.24) is 10.2 Å². The minimum atomic E-state index is 0.736. The molecule has 2 rings (SSSR count). The molecule has 2 saturated heterocycles. The number of hydrogen-bond acceptors (Lipinski definition) is 2. The Morgan fingerprint density at radius 2 is 2.25 bits per heavy atom. The van der Waals surface area contributed by atoms with E-state index in [4.69, 9.17) is 0 Å². The molecule has 0 aromatic rings. The minimum Gasteiger partial charge on any atom is -0.311 e. The molecule has 70 valence electrons. The van der Waals surface area contributed by atoms with Crippen LogP contribution in [-0.4, -0.2) is 36.6 Å². The molecule has 12 heavy (non-hydrogen) atoms. The molecule has 0 saturated carbocycles. The van der Waals surface area contributed by atoms with Gasteiger partial charge in [-0.05, 0) is 25.3 Å². The van der Waals surface area contributed by atoms with Crippen LogP contribution in [0.1, 0.15) is 26.7 Å². The Morgan fingerprint density at radius 3 is 3.00 bits per heavy atom. The zero-order chi connectivity index (χ0) is 8.55. The van der Waals surface area contributed by atoms with E-state index in [9.17, 15) is 0 Å². The van der Waals surface area contributed by atoms with Crippen molar-refractivity contribution in [2.45, 2.75) is 38.8 Å². The molecule has 0 spiro atoms. The zero-order valence-corrected chi connectivity index (χ0v) is 8.21. The van der Waals surface area contributed by atoms with Crippen LogP contribution in [0.3, 0.4) is 0 Å². The first-order valence-corrected chi connectivity index (χ1v) is 5.25. The van der Waals surface area contributed by atoms with Gasteiger partial charge in [-0.15, -0.1) is 0 Å². The highest BCUT2D eigenvalue weighted by atomic mass is 15.2. The molecule has 2 unspecified atom stereocenters. The van der Waals surface area contributed by atoms with Crippen molar-refractivity contribution < 1.29 is 0 Å². The summed E-state index contributed by atoms with van der Waals surface area (Å²) in [5, 5.41) is 3.65. The Bertz CT molecular complexity index is 156. The highest BCUT2D eigenvalue weighted by Gasteiger charge is 2.31. The number of hydrogen-bond donors (Lipinski definition) is 1. The molecule has 0 amide bonds. The second kappa shape index (κ2) is 3.35. The van der Waals surface area contributed by atoms with Gasteiger partial charge in [0.2, 0.25) is 0 Å². The van der Waals surface area contributed by atoms with E-state index in [1.165, 1.54) is 32.5 Å². The molecule has 1 N–H and O–H groups in total. The molecular weight excluding hydrogens is 148 g/mol. The van der Waals surface area contributed by atoms with Gasteiger partial charge < -0.3 is 5.32 Å². The van der Waals surface area contributed by atoms with Crippen LogP contribution in [0.2, 0.25) is 0 Å². The van der Waals surface area contributed by atoms with E-state index in [1.807, 2.05) is 0 Å². The molecule has 2 nitrogen and oxygen atoms in total. The Balaban J connectivity index is 1.92. The SMILES string of the molecule is CC(C)C1CN2CCCC2CN1. The molecule has 0 radical (unpaired) electrons. The van der Waals surface area contributed by atoms with Crippen LogP contribution >= 0.6 is 0 Å². The fraction of sp³-hybridized carbons (Fsp3) is 1.00. The van der Waals surface area contributed by atoms with E-state index >= 15 is 0 Å². The Labute approximate surface area is 75.3 Å². The summed E-state index contributed by atoms with van der Waals surface area (Å²) in [4.78, 5) is 2.67. The first-order valence-electron chi connectivity index (χ1n) is 5.25. The number of rotatable bonds is 1. The summed E-state index contributed by atoms with van der Waals surface area (Å²) >= 11 is 0. The van der Waals surface area contributed by atoms with Crippen molar-refractivity contribution in [2.75, 3.05) is 19.6 Å². The van der Waals surface area contributed by atoms with Crippen molar-refractivity contribution in [1.29, 1.82) is 0 Å². The monoisotopic (exact) mass is 168 g/mol. The van der Waals surface area contributed by atoms with Crippen molar-refractivity contribution in [3.63, 3.8) is 0 Å². The topological polar surface area (TPSA) is 15.3 Å². The highest BCUT2D eigenvalue weighted by molar-refractivity contribution is 4.90. The predicted octanol–water partition coefficient (Wildman–Crippen LogP) is 1.08. The fourth-order valence-corrected chi connectivity index (χ4v) is 2.42. The van der Waals surface area contributed by atoms with Crippen LogP contribution in [0.15, 0.2) is 0 Å². The Morgan fingerprint density at radius 1 is 1.42 bits per heavy atom. The van der Waals surface area contributed by atoms with E-state index in [1.54, 1.807) is 0 Å². The van der Waals surface area contributed by atoms with Gasteiger partial charge in [0.05, 0.1) is 0 Å². The van der Waals surface area contributed by atoms with E-state index in [0.717, 1.165) is 18.0 Å². The van der Waals surface area contributed by atoms with Crippen molar-refractivity contribution >= 4 is 0 Å². The summed E-state index contributed by atoms with van der Waals surface area (Å²) in [6.07, 6.45) is 2.83. The van der Waals surface area contributed by atoms with E-state index < -0.39 is 0 Å². The summed E-state index contributed by atoms with van der Waals surface area (Å²) in [7, 11) is 0. The molecule has 2 aliphatic rings.